The van der Waals surface area contributed by atoms with Gasteiger partial charge in [-0.25, -0.2) is 0 Å². The van der Waals surface area contributed by atoms with E-state index in [1.807, 2.05) is 54.8 Å². The summed E-state index contributed by atoms with van der Waals surface area (Å²) in [6.07, 6.45) is 3.09. The summed E-state index contributed by atoms with van der Waals surface area (Å²) in [5.74, 6) is -0.457. The van der Waals surface area contributed by atoms with Crippen LogP contribution in [0.4, 0.5) is 0 Å². The topological polar surface area (TPSA) is 112 Å². The first-order valence-corrected chi connectivity index (χ1v) is 9.14. The predicted molar refractivity (Wildman–Crippen MR) is 112 cm³/mol. The summed E-state index contributed by atoms with van der Waals surface area (Å²) in [6.45, 7) is 3.85. The molecule has 0 bridgehead atoms. The quantitative estimate of drug-likeness (QED) is 0.345. The monoisotopic (exact) mass is 403 g/mol. The molecule has 0 aliphatic rings. The molecule has 0 atom stereocenters. The van der Waals surface area contributed by atoms with E-state index in [-0.39, 0.29) is 5.57 Å². The van der Waals surface area contributed by atoms with Gasteiger partial charge in [-0.2, -0.15) is 5.26 Å². The normalized spacial score (nSPS) is 10.9. The number of hydrazine groups is 1. The van der Waals surface area contributed by atoms with Crippen LogP contribution in [0.15, 0.2) is 54.2 Å². The molecule has 152 valence electrons. The molecular formula is C22H21N5O3. The molecule has 0 spiro atoms. The van der Waals surface area contributed by atoms with Gasteiger partial charge in [0.05, 0.1) is 7.11 Å². The Kier molecular flexibility index (Phi) is 6.03. The van der Waals surface area contributed by atoms with Gasteiger partial charge >= 0.3 is 0 Å². The highest BCUT2D eigenvalue weighted by Crippen LogP contribution is 2.24. The molecule has 0 saturated heterocycles. The molecule has 8 heteroatoms. The van der Waals surface area contributed by atoms with Gasteiger partial charge in [0.25, 0.3) is 11.8 Å². The fourth-order valence-corrected chi connectivity index (χ4v) is 3.09. The van der Waals surface area contributed by atoms with Gasteiger partial charge in [0.1, 0.15) is 23.1 Å². The Balaban J connectivity index is 1.81. The lowest BCUT2D eigenvalue weighted by Crippen LogP contribution is -2.42. The molecule has 0 fully saturated rings. The minimum atomic E-state index is -0.702. The summed E-state index contributed by atoms with van der Waals surface area (Å²) < 4.78 is 7.22. The van der Waals surface area contributed by atoms with Gasteiger partial charge in [0, 0.05) is 23.3 Å². The summed E-state index contributed by atoms with van der Waals surface area (Å²) in [6, 6.07) is 14.6. The molecule has 0 aliphatic heterocycles. The summed E-state index contributed by atoms with van der Waals surface area (Å²) in [5.41, 5.74) is 8.18. The van der Waals surface area contributed by atoms with Crippen LogP contribution < -0.4 is 15.6 Å². The molecule has 3 rings (SSSR count). The number of nitrogens with zero attached hydrogens (tertiary/aromatic N) is 2. The van der Waals surface area contributed by atoms with E-state index in [1.54, 1.807) is 25.4 Å². The van der Waals surface area contributed by atoms with Crippen LogP contribution in [0.1, 0.15) is 27.4 Å². The fraction of sp³-hybridized carbons (Fsp3) is 0.136. The van der Waals surface area contributed by atoms with Crippen molar-refractivity contribution in [2.75, 3.05) is 7.11 Å². The van der Waals surface area contributed by atoms with Gasteiger partial charge < -0.3 is 14.3 Å². The zero-order chi connectivity index (χ0) is 21.7. The second kappa shape index (κ2) is 8.84. The van der Waals surface area contributed by atoms with Crippen molar-refractivity contribution in [3.63, 3.8) is 0 Å². The lowest BCUT2D eigenvalue weighted by molar-refractivity contribution is -0.117. The Morgan fingerprint density at radius 2 is 1.90 bits per heavy atom. The molecule has 3 aromatic rings. The highest BCUT2D eigenvalue weighted by atomic mass is 16.5. The molecule has 2 amide bonds. The van der Waals surface area contributed by atoms with Crippen molar-refractivity contribution in [1.82, 2.24) is 20.4 Å². The number of nitrogens with one attached hydrogen (secondary N) is 3. The molecule has 3 N–H and O–H groups in total. The van der Waals surface area contributed by atoms with Crippen LogP contribution in [0.5, 0.6) is 5.75 Å². The number of carbonyl (C=O) groups excluding carboxylic acids is 2. The Bertz CT molecular complexity index is 1130. The molecule has 0 radical (unpaired) electrons. The third kappa shape index (κ3) is 4.25. The second-order valence-electron chi connectivity index (χ2n) is 6.52. The molecular weight excluding hydrogens is 382 g/mol. The fourth-order valence-electron chi connectivity index (χ4n) is 3.09. The van der Waals surface area contributed by atoms with Crippen LogP contribution in [0.3, 0.4) is 0 Å². The van der Waals surface area contributed by atoms with E-state index in [9.17, 15) is 14.9 Å². The van der Waals surface area contributed by atoms with Crippen LogP contribution >= 0.6 is 0 Å². The lowest BCUT2D eigenvalue weighted by Gasteiger charge is -2.10. The summed E-state index contributed by atoms with van der Waals surface area (Å²) in [4.78, 5) is 27.0. The van der Waals surface area contributed by atoms with Gasteiger partial charge in [-0.05, 0) is 68.0 Å². The molecule has 2 aromatic heterocycles. The standard InChI is InChI=1S/C22H21N5O3/c1-14-11-16(15(2)27(14)18-6-8-19(30-3)9-7-18)12-17(13-23)21(28)25-26-22(29)20-5-4-10-24-20/h4-12,24H,1-3H3,(H,25,28)(H,26,29)/b17-12-. The Morgan fingerprint density at radius 1 is 1.17 bits per heavy atom. The maximum atomic E-state index is 12.3. The molecule has 30 heavy (non-hydrogen) atoms. The average Bonchev–Trinajstić information content (AvgIpc) is 3.38. The van der Waals surface area contributed by atoms with Crippen LogP contribution in [-0.4, -0.2) is 28.5 Å². The van der Waals surface area contributed by atoms with Gasteiger partial charge in [-0.15, -0.1) is 0 Å². The molecule has 0 unspecified atom stereocenters. The molecule has 2 heterocycles. The zero-order valence-electron chi connectivity index (χ0n) is 16.8. The van der Waals surface area contributed by atoms with Gasteiger partial charge in [-0.1, -0.05) is 0 Å². The Morgan fingerprint density at radius 3 is 2.50 bits per heavy atom. The number of nitriles is 1. The number of aromatic amines is 1. The summed E-state index contributed by atoms with van der Waals surface area (Å²) in [7, 11) is 1.61. The predicted octanol–water partition coefficient (Wildman–Crippen LogP) is 2.80. The highest BCUT2D eigenvalue weighted by Gasteiger charge is 2.15. The van der Waals surface area contributed by atoms with Crippen LogP contribution in [0, 0.1) is 25.2 Å². The van der Waals surface area contributed by atoms with E-state index in [4.69, 9.17) is 4.74 Å². The van der Waals surface area contributed by atoms with E-state index in [1.165, 1.54) is 6.08 Å². The first-order valence-electron chi connectivity index (χ1n) is 9.14. The number of methoxy groups -OCH3 is 1. The molecule has 0 aliphatic carbocycles. The Labute approximate surface area is 173 Å². The van der Waals surface area contributed by atoms with E-state index >= 15 is 0 Å². The SMILES string of the molecule is COc1ccc(-n2c(C)cc(/C=C(/C#N)C(=O)NNC(=O)c3ccc[nH]3)c2C)cc1. The molecule has 8 nitrogen and oxygen atoms in total. The first-order chi connectivity index (χ1) is 14.4. The van der Waals surface area contributed by atoms with Crippen molar-refractivity contribution in [3.8, 4) is 17.5 Å². The van der Waals surface area contributed by atoms with Crippen LogP contribution in [-0.2, 0) is 4.79 Å². The smallest absolute Gasteiger partial charge is 0.286 e. The Hall–Kier alpha value is -4.25. The van der Waals surface area contributed by atoms with Crippen molar-refractivity contribution in [1.29, 1.82) is 5.26 Å². The molecule has 0 saturated carbocycles. The van der Waals surface area contributed by atoms with E-state index in [2.05, 4.69) is 15.8 Å². The number of aromatic nitrogens is 2. The number of hydrogen-bond acceptors (Lipinski definition) is 4. The van der Waals surface area contributed by atoms with Crippen LogP contribution in [0.25, 0.3) is 11.8 Å². The first kappa shape index (κ1) is 20.5. The number of H-pyrrole nitrogens is 1. The highest BCUT2D eigenvalue weighted by molar-refractivity contribution is 6.03. The number of aryl methyl sites for hydroxylation is 1. The van der Waals surface area contributed by atoms with Gasteiger partial charge in [-0.3, -0.25) is 20.4 Å². The zero-order valence-corrected chi connectivity index (χ0v) is 16.8. The second-order valence-corrected chi connectivity index (χ2v) is 6.52. The minimum Gasteiger partial charge on any atom is -0.497 e. The number of rotatable bonds is 5. The summed E-state index contributed by atoms with van der Waals surface area (Å²) >= 11 is 0. The molecule has 1 aromatic carbocycles. The number of hydrogen-bond donors (Lipinski definition) is 3. The van der Waals surface area contributed by atoms with Crippen molar-refractivity contribution in [2.45, 2.75) is 13.8 Å². The maximum absolute atomic E-state index is 12.3. The van der Waals surface area contributed by atoms with Gasteiger partial charge in [0.2, 0.25) is 0 Å². The third-order valence-electron chi connectivity index (χ3n) is 4.60. The van der Waals surface area contributed by atoms with Gasteiger partial charge in [0.15, 0.2) is 0 Å². The van der Waals surface area contributed by atoms with Crippen molar-refractivity contribution in [2.24, 2.45) is 0 Å². The largest absolute Gasteiger partial charge is 0.497 e. The van der Waals surface area contributed by atoms with E-state index < -0.39 is 11.8 Å². The minimum absolute atomic E-state index is 0.128. The lowest BCUT2D eigenvalue weighted by atomic mass is 10.1. The van der Waals surface area contributed by atoms with Crippen molar-refractivity contribution in [3.05, 3.63) is 76.9 Å². The maximum Gasteiger partial charge on any atom is 0.286 e. The number of ether oxygens (including phenoxy) is 1. The number of amides is 2. The van der Waals surface area contributed by atoms with Crippen molar-refractivity contribution < 1.29 is 14.3 Å². The van der Waals surface area contributed by atoms with Crippen LogP contribution in [0.2, 0.25) is 0 Å². The third-order valence-corrected chi connectivity index (χ3v) is 4.60. The number of carbonyl (C=O) groups is 2. The number of benzene rings is 1. The average molecular weight is 403 g/mol. The van der Waals surface area contributed by atoms with E-state index in [0.717, 1.165) is 28.4 Å². The van der Waals surface area contributed by atoms with Crippen molar-refractivity contribution >= 4 is 17.9 Å². The van der Waals surface area contributed by atoms with E-state index in [0.29, 0.717) is 5.69 Å². The summed E-state index contributed by atoms with van der Waals surface area (Å²) in [5, 5.41) is 9.43.